The number of hydrogen-bond donors (Lipinski definition) is 1. The minimum absolute atomic E-state index is 0.242. The standard InChI is InChI=1S/C10H20N2O/c1-3-12-9(11)10(13-2)7-5-4-6-8-10/h3-8H2,1-2H3,(H2,11,12). The van der Waals surface area contributed by atoms with Crippen LogP contribution in [0.15, 0.2) is 4.99 Å². The van der Waals surface area contributed by atoms with Gasteiger partial charge in [0.15, 0.2) is 0 Å². The fourth-order valence-electron chi connectivity index (χ4n) is 2.00. The molecule has 1 aliphatic carbocycles. The lowest BCUT2D eigenvalue weighted by atomic mass is 9.83. The SMILES string of the molecule is CCN=C(N)C1(OC)CCCCC1. The van der Waals surface area contributed by atoms with E-state index in [2.05, 4.69) is 4.99 Å². The molecule has 0 aromatic heterocycles. The van der Waals surface area contributed by atoms with E-state index >= 15 is 0 Å². The predicted octanol–water partition coefficient (Wildman–Crippen LogP) is 1.71. The molecule has 0 saturated heterocycles. The normalized spacial score (nSPS) is 23.1. The summed E-state index contributed by atoms with van der Waals surface area (Å²) in [5.41, 5.74) is 5.69. The van der Waals surface area contributed by atoms with Crippen molar-refractivity contribution in [3.05, 3.63) is 0 Å². The maximum atomic E-state index is 5.93. The molecule has 0 aliphatic heterocycles. The van der Waals surface area contributed by atoms with Crippen molar-refractivity contribution in [2.75, 3.05) is 13.7 Å². The van der Waals surface area contributed by atoms with Gasteiger partial charge in [-0.15, -0.1) is 0 Å². The third kappa shape index (κ3) is 2.21. The molecule has 1 fully saturated rings. The lowest BCUT2D eigenvalue weighted by Crippen LogP contribution is -2.47. The summed E-state index contributed by atoms with van der Waals surface area (Å²) >= 11 is 0. The van der Waals surface area contributed by atoms with E-state index in [1.165, 1.54) is 19.3 Å². The molecule has 1 saturated carbocycles. The fourth-order valence-corrected chi connectivity index (χ4v) is 2.00. The number of rotatable bonds is 3. The highest BCUT2D eigenvalue weighted by Gasteiger charge is 2.35. The average molecular weight is 184 g/mol. The van der Waals surface area contributed by atoms with Gasteiger partial charge in [-0.2, -0.15) is 0 Å². The monoisotopic (exact) mass is 184 g/mol. The Labute approximate surface area is 80.4 Å². The Morgan fingerprint density at radius 1 is 1.38 bits per heavy atom. The molecule has 1 rings (SSSR count). The van der Waals surface area contributed by atoms with Gasteiger partial charge in [-0.3, -0.25) is 4.99 Å². The van der Waals surface area contributed by atoms with E-state index in [9.17, 15) is 0 Å². The smallest absolute Gasteiger partial charge is 0.126 e. The molecule has 3 heteroatoms. The van der Waals surface area contributed by atoms with Crippen molar-refractivity contribution >= 4 is 5.84 Å². The van der Waals surface area contributed by atoms with E-state index in [4.69, 9.17) is 10.5 Å². The van der Waals surface area contributed by atoms with Gasteiger partial charge in [0.25, 0.3) is 0 Å². The van der Waals surface area contributed by atoms with Crippen LogP contribution in [-0.4, -0.2) is 25.1 Å². The highest BCUT2D eigenvalue weighted by molar-refractivity contribution is 5.89. The molecule has 1 aliphatic rings. The van der Waals surface area contributed by atoms with E-state index < -0.39 is 0 Å². The zero-order valence-electron chi connectivity index (χ0n) is 8.68. The molecule has 0 amide bonds. The second kappa shape index (κ2) is 4.61. The van der Waals surface area contributed by atoms with Crippen molar-refractivity contribution in [1.29, 1.82) is 0 Å². The Morgan fingerprint density at radius 2 is 2.00 bits per heavy atom. The molecule has 3 nitrogen and oxygen atoms in total. The number of nitrogens with zero attached hydrogens (tertiary/aromatic N) is 1. The van der Waals surface area contributed by atoms with Crippen LogP contribution in [0.1, 0.15) is 39.0 Å². The van der Waals surface area contributed by atoms with Gasteiger partial charge >= 0.3 is 0 Å². The molecule has 0 atom stereocenters. The van der Waals surface area contributed by atoms with Crippen molar-refractivity contribution < 1.29 is 4.74 Å². The van der Waals surface area contributed by atoms with E-state index in [0.29, 0.717) is 5.84 Å². The summed E-state index contributed by atoms with van der Waals surface area (Å²) in [5, 5.41) is 0. The molecule has 0 unspecified atom stereocenters. The molecule has 0 bridgehead atoms. The Bertz CT molecular complexity index is 183. The number of amidine groups is 1. The highest BCUT2D eigenvalue weighted by atomic mass is 16.5. The van der Waals surface area contributed by atoms with Crippen LogP contribution in [0.25, 0.3) is 0 Å². The van der Waals surface area contributed by atoms with Crippen molar-refractivity contribution in [3.63, 3.8) is 0 Å². The molecule has 0 heterocycles. The van der Waals surface area contributed by atoms with Crippen molar-refractivity contribution in [1.82, 2.24) is 0 Å². The summed E-state index contributed by atoms with van der Waals surface area (Å²) in [5.74, 6) is 0.692. The van der Waals surface area contributed by atoms with Crippen LogP contribution < -0.4 is 5.73 Å². The van der Waals surface area contributed by atoms with Gasteiger partial charge in [-0.1, -0.05) is 19.3 Å². The summed E-state index contributed by atoms with van der Waals surface area (Å²) in [7, 11) is 1.74. The first-order chi connectivity index (χ1) is 6.25. The van der Waals surface area contributed by atoms with Crippen LogP contribution in [0.5, 0.6) is 0 Å². The zero-order valence-corrected chi connectivity index (χ0v) is 8.68. The topological polar surface area (TPSA) is 47.6 Å². The van der Waals surface area contributed by atoms with Crippen LogP contribution in [0.3, 0.4) is 0 Å². The van der Waals surface area contributed by atoms with Crippen LogP contribution in [0.2, 0.25) is 0 Å². The third-order valence-corrected chi connectivity index (χ3v) is 2.85. The summed E-state index contributed by atoms with van der Waals surface area (Å²) in [6.07, 6.45) is 5.75. The molecule has 0 radical (unpaired) electrons. The maximum Gasteiger partial charge on any atom is 0.126 e. The molecular formula is C10H20N2O. The number of methoxy groups -OCH3 is 1. The number of aliphatic imine (C=N–C) groups is 1. The van der Waals surface area contributed by atoms with Crippen molar-refractivity contribution in [2.24, 2.45) is 10.7 Å². The van der Waals surface area contributed by atoms with Gasteiger partial charge in [-0.25, -0.2) is 0 Å². The summed E-state index contributed by atoms with van der Waals surface area (Å²) in [6.45, 7) is 2.75. The van der Waals surface area contributed by atoms with Gasteiger partial charge < -0.3 is 10.5 Å². The lowest BCUT2D eigenvalue weighted by molar-refractivity contribution is 0.0180. The summed E-state index contributed by atoms with van der Waals surface area (Å²) in [6, 6.07) is 0. The van der Waals surface area contributed by atoms with Gasteiger partial charge in [0.2, 0.25) is 0 Å². The molecule has 0 aromatic carbocycles. The quantitative estimate of drug-likeness (QED) is 0.536. The van der Waals surface area contributed by atoms with Crippen molar-refractivity contribution in [3.8, 4) is 0 Å². The van der Waals surface area contributed by atoms with Crippen LogP contribution in [0, 0.1) is 0 Å². The van der Waals surface area contributed by atoms with Gasteiger partial charge in [0.05, 0.1) is 0 Å². The van der Waals surface area contributed by atoms with E-state index in [1.807, 2.05) is 6.92 Å². The molecule has 0 aromatic rings. The predicted molar refractivity (Wildman–Crippen MR) is 55.0 cm³/mol. The highest BCUT2D eigenvalue weighted by Crippen LogP contribution is 2.31. The first-order valence-corrected chi connectivity index (χ1v) is 5.11. The lowest BCUT2D eigenvalue weighted by Gasteiger charge is -2.35. The molecule has 13 heavy (non-hydrogen) atoms. The summed E-state index contributed by atoms with van der Waals surface area (Å²) < 4.78 is 5.54. The summed E-state index contributed by atoms with van der Waals surface area (Å²) in [4.78, 5) is 4.26. The van der Waals surface area contributed by atoms with Crippen LogP contribution >= 0.6 is 0 Å². The fraction of sp³-hybridized carbons (Fsp3) is 0.900. The van der Waals surface area contributed by atoms with E-state index in [-0.39, 0.29) is 5.60 Å². The first kappa shape index (κ1) is 10.5. The number of nitrogens with two attached hydrogens (primary N) is 1. The largest absolute Gasteiger partial charge is 0.385 e. The van der Waals surface area contributed by atoms with Crippen LogP contribution in [-0.2, 0) is 4.74 Å². The second-order valence-corrected chi connectivity index (χ2v) is 3.62. The molecule has 0 spiro atoms. The van der Waals surface area contributed by atoms with Crippen molar-refractivity contribution in [2.45, 2.75) is 44.6 Å². The Balaban J connectivity index is 2.72. The number of ether oxygens (including phenoxy) is 1. The van der Waals surface area contributed by atoms with Gasteiger partial charge in [0.1, 0.15) is 11.4 Å². The van der Waals surface area contributed by atoms with Gasteiger partial charge in [0, 0.05) is 13.7 Å². The minimum atomic E-state index is -0.242. The van der Waals surface area contributed by atoms with E-state index in [0.717, 1.165) is 19.4 Å². The first-order valence-electron chi connectivity index (χ1n) is 5.11. The Hall–Kier alpha value is -0.570. The molecular weight excluding hydrogens is 164 g/mol. The third-order valence-electron chi connectivity index (χ3n) is 2.85. The maximum absolute atomic E-state index is 5.93. The zero-order chi connectivity index (χ0) is 9.73. The van der Waals surface area contributed by atoms with E-state index in [1.54, 1.807) is 7.11 Å². The molecule has 2 N–H and O–H groups in total. The number of hydrogen-bond acceptors (Lipinski definition) is 2. The second-order valence-electron chi connectivity index (χ2n) is 3.62. The van der Waals surface area contributed by atoms with Gasteiger partial charge in [-0.05, 0) is 19.8 Å². The minimum Gasteiger partial charge on any atom is -0.385 e. The molecule has 76 valence electrons. The van der Waals surface area contributed by atoms with Crippen LogP contribution in [0.4, 0.5) is 0 Å². The Kier molecular flexibility index (Phi) is 3.72. The average Bonchev–Trinajstić information content (AvgIpc) is 2.19. The Morgan fingerprint density at radius 3 is 2.46 bits per heavy atom.